The van der Waals surface area contributed by atoms with Crippen LogP contribution in [0.5, 0.6) is 5.75 Å². The fourth-order valence-electron chi connectivity index (χ4n) is 2.12. The molecular weight excluding hydrogens is 387 g/mol. The molecule has 0 radical (unpaired) electrons. The molecule has 2 N–H and O–H groups in total. The fourth-order valence-corrected chi connectivity index (χ4v) is 3.87. The van der Waals surface area contributed by atoms with Gasteiger partial charge in [0, 0.05) is 12.6 Å². The Kier molecular flexibility index (Phi) is 6.86. The van der Waals surface area contributed by atoms with Gasteiger partial charge in [-0.3, -0.25) is 0 Å². The quantitative estimate of drug-likeness (QED) is 0.807. The normalized spacial score (nSPS) is 18.9. The Bertz CT molecular complexity index is 594. The van der Waals surface area contributed by atoms with E-state index >= 15 is 0 Å². The molecule has 1 heterocycles. The lowest BCUT2D eigenvalue weighted by Gasteiger charge is -2.24. The molecule has 2 rings (SSSR count). The molecule has 0 saturated carbocycles. The van der Waals surface area contributed by atoms with Crippen molar-refractivity contribution >= 4 is 38.4 Å². The third kappa shape index (κ3) is 4.53. The molecule has 9 heteroatoms. The highest BCUT2D eigenvalue weighted by Gasteiger charge is 2.26. The van der Waals surface area contributed by atoms with Crippen LogP contribution in [0, 0.1) is 5.82 Å². The first kappa shape index (κ1) is 18.6. The molecule has 21 heavy (non-hydrogen) atoms. The second-order valence-corrected chi connectivity index (χ2v) is 7.12. The Labute approximate surface area is 138 Å². The average molecular weight is 404 g/mol. The summed E-state index contributed by atoms with van der Waals surface area (Å²) >= 11 is 3.01. The number of nitrogens with one attached hydrogen (secondary N) is 2. The summed E-state index contributed by atoms with van der Waals surface area (Å²) in [6, 6.07) is 2.08. The summed E-state index contributed by atoms with van der Waals surface area (Å²) in [6.45, 7) is 1.45. The number of rotatable bonds is 4. The molecule has 1 aromatic carbocycles. The van der Waals surface area contributed by atoms with Gasteiger partial charge < -0.3 is 10.1 Å². The molecule has 0 spiro atoms. The molecule has 1 aliphatic rings. The fraction of sp³-hybridized carbons (Fsp3) is 0.500. The Morgan fingerprint density at radius 1 is 1.48 bits per heavy atom. The molecule has 1 atom stereocenters. The van der Waals surface area contributed by atoms with Gasteiger partial charge >= 0.3 is 0 Å². The van der Waals surface area contributed by atoms with Gasteiger partial charge in [0.1, 0.15) is 16.5 Å². The summed E-state index contributed by atoms with van der Waals surface area (Å²) in [6.07, 6.45) is 1.66. The number of piperidine rings is 1. The Morgan fingerprint density at radius 2 is 2.19 bits per heavy atom. The van der Waals surface area contributed by atoms with E-state index in [-0.39, 0.29) is 33.6 Å². The van der Waals surface area contributed by atoms with Crippen LogP contribution in [-0.2, 0) is 10.0 Å². The molecule has 1 unspecified atom stereocenters. The highest BCUT2D eigenvalue weighted by Crippen LogP contribution is 2.30. The predicted molar refractivity (Wildman–Crippen MR) is 84.1 cm³/mol. The molecule has 1 aliphatic heterocycles. The maximum atomic E-state index is 13.6. The third-order valence-electron chi connectivity index (χ3n) is 3.11. The molecule has 1 aromatic rings. The van der Waals surface area contributed by atoms with E-state index in [1.54, 1.807) is 0 Å². The van der Waals surface area contributed by atoms with Crippen LogP contribution in [0.4, 0.5) is 4.39 Å². The number of ether oxygens (including phenoxy) is 1. The van der Waals surface area contributed by atoms with Gasteiger partial charge in [0.05, 0.1) is 11.6 Å². The minimum atomic E-state index is -3.82. The van der Waals surface area contributed by atoms with E-state index in [9.17, 15) is 12.8 Å². The molecule has 0 aliphatic carbocycles. The summed E-state index contributed by atoms with van der Waals surface area (Å²) in [5, 5.41) is 3.12. The smallest absolute Gasteiger partial charge is 0.244 e. The van der Waals surface area contributed by atoms with Crippen molar-refractivity contribution in [1.82, 2.24) is 10.0 Å². The second kappa shape index (κ2) is 7.73. The third-order valence-corrected chi connectivity index (χ3v) is 5.26. The molecule has 1 saturated heterocycles. The van der Waals surface area contributed by atoms with Gasteiger partial charge in [-0.2, -0.15) is 0 Å². The Morgan fingerprint density at radius 3 is 2.76 bits per heavy atom. The zero-order valence-electron chi connectivity index (χ0n) is 11.4. The largest absolute Gasteiger partial charge is 0.495 e. The van der Waals surface area contributed by atoms with E-state index < -0.39 is 15.8 Å². The maximum absolute atomic E-state index is 13.6. The molecule has 0 bridgehead atoms. The van der Waals surface area contributed by atoms with E-state index in [0.717, 1.165) is 25.5 Å². The van der Waals surface area contributed by atoms with E-state index in [4.69, 9.17) is 4.74 Å². The van der Waals surface area contributed by atoms with Crippen molar-refractivity contribution < 1.29 is 17.5 Å². The van der Waals surface area contributed by atoms with Gasteiger partial charge in [0.25, 0.3) is 0 Å². The van der Waals surface area contributed by atoms with Crippen molar-refractivity contribution in [2.45, 2.75) is 23.8 Å². The lowest BCUT2D eigenvalue weighted by atomic mass is 10.1. The zero-order valence-corrected chi connectivity index (χ0v) is 14.6. The summed E-state index contributed by atoms with van der Waals surface area (Å²) < 4.78 is 46.0. The monoisotopic (exact) mass is 402 g/mol. The van der Waals surface area contributed by atoms with Gasteiger partial charge in [-0.05, 0) is 47.4 Å². The first-order valence-electron chi connectivity index (χ1n) is 6.20. The Balaban J connectivity index is 0.00000220. The minimum Gasteiger partial charge on any atom is -0.495 e. The number of hydrogen-bond acceptors (Lipinski definition) is 4. The molecule has 120 valence electrons. The molecule has 0 aromatic heterocycles. The molecular formula is C12H17BrClFN2O3S. The molecule has 1 fully saturated rings. The number of benzene rings is 1. The standard InChI is InChI=1S/C12H16BrFN2O3S.ClH/c1-19-11-5-9(13)10(14)6-12(11)20(17,18)16-8-3-2-4-15-7-8;/h5-6,8,15-16H,2-4,7H2,1H3;1H. The van der Waals surface area contributed by atoms with Crippen LogP contribution in [-0.4, -0.2) is 34.7 Å². The maximum Gasteiger partial charge on any atom is 0.244 e. The number of methoxy groups -OCH3 is 1. The van der Waals surface area contributed by atoms with Crippen LogP contribution in [0.25, 0.3) is 0 Å². The summed E-state index contributed by atoms with van der Waals surface area (Å²) in [5.41, 5.74) is 0. The van der Waals surface area contributed by atoms with Crippen LogP contribution in [0.3, 0.4) is 0 Å². The van der Waals surface area contributed by atoms with E-state index in [0.29, 0.717) is 6.54 Å². The zero-order chi connectivity index (χ0) is 14.8. The highest BCUT2D eigenvalue weighted by atomic mass is 79.9. The van der Waals surface area contributed by atoms with Gasteiger partial charge in [0.2, 0.25) is 10.0 Å². The van der Waals surface area contributed by atoms with E-state index in [1.165, 1.54) is 13.2 Å². The number of sulfonamides is 1. The minimum absolute atomic E-state index is 0. The summed E-state index contributed by atoms with van der Waals surface area (Å²) in [7, 11) is -2.47. The second-order valence-electron chi connectivity index (χ2n) is 4.58. The van der Waals surface area contributed by atoms with Gasteiger partial charge in [0.15, 0.2) is 0 Å². The van der Waals surface area contributed by atoms with Crippen molar-refractivity contribution in [2.75, 3.05) is 20.2 Å². The average Bonchev–Trinajstić information content (AvgIpc) is 2.42. The van der Waals surface area contributed by atoms with Crippen molar-refractivity contribution in [1.29, 1.82) is 0 Å². The topological polar surface area (TPSA) is 67.4 Å². The van der Waals surface area contributed by atoms with Gasteiger partial charge in [-0.25, -0.2) is 17.5 Å². The van der Waals surface area contributed by atoms with Crippen molar-refractivity contribution in [3.8, 4) is 5.75 Å². The van der Waals surface area contributed by atoms with Crippen LogP contribution in [0.15, 0.2) is 21.5 Å². The SMILES string of the molecule is COc1cc(Br)c(F)cc1S(=O)(=O)NC1CCCNC1.Cl. The highest BCUT2D eigenvalue weighted by molar-refractivity contribution is 9.10. The molecule has 0 amide bonds. The lowest BCUT2D eigenvalue weighted by Crippen LogP contribution is -2.45. The van der Waals surface area contributed by atoms with Crippen molar-refractivity contribution in [3.05, 3.63) is 22.4 Å². The molecule has 5 nitrogen and oxygen atoms in total. The van der Waals surface area contributed by atoms with Crippen LogP contribution >= 0.6 is 28.3 Å². The van der Waals surface area contributed by atoms with Crippen molar-refractivity contribution in [3.63, 3.8) is 0 Å². The first-order chi connectivity index (χ1) is 9.44. The van der Waals surface area contributed by atoms with Crippen LogP contribution < -0.4 is 14.8 Å². The van der Waals surface area contributed by atoms with Gasteiger partial charge in [-0.1, -0.05) is 0 Å². The first-order valence-corrected chi connectivity index (χ1v) is 8.48. The van der Waals surface area contributed by atoms with Crippen LogP contribution in [0.2, 0.25) is 0 Å². The van der Waals surface area contributed by atoms with E-state index in [1.807, 2.05) is 0 Å². The van der Waals surface area contributed by atoms with Gasteiger partial charge in [-0.15, -0.1) is 12.4 Å². The number of halogens is 3. The summed E-state index contributed by atoms with van der Waals surface area (Å²) in [4.78, 5) is -0.189. The van der Waals surface area contributed by atoms with E-state index in [2.05, 4.69) is 26.0 Å². The van der Waals surface area contributed by atoms with Crippen molar-refractivity contribution in [2.24, 2.45) is 0 Å². The van der Waals surface area contributed by atoms with Crippen LogP contribution in [0.1, 0.15) is 12.8 Å². The predicted octanol–water partition coefficient (Wildman–Crippen LogP) is 2.05. The Hall–Kier alpha value is -0.410. The number of hydrogen-bond donors (Lipinski definition) is 2. The lowest BCUT2D eigenvalue weighted by molar-refractivity contribution is 0.397. The summed E-state index contributed by atoms with van der Waals surface area (Å²) in [5.74, 6) is -0.539.